The molecular formula is C16H23FN2O2. The molecule has 5 heteroatoms. The van der Waals surface area contributed by atoms with E-state index in [4.69, 9.17) is 4.74 Å². The van der Waals surface area contributed by atoms with Gasteiger partial charge < -0.3 is 15.0 Å². The van der Waals surface area contributed by atoms with Gasteiger partial charge in [-0.2, -0.15) is 0 Å². The van der Waals surface area contributed by atoms with Gasteiger partial charge in [-0.05, 0) is 32.5 Å². The van der Waals surface area contributed by atoms with E-state index >= 15 is 0 Å². The van der Waals surface area contributed by atoms with Crippen LogP contribution in [0.25, 0.3) is 0 Å². The molecule has 1 amide bonds. The smallest absolute Gasteiger partial charge is 0.221 e. The molecule has 1 aromatic rings. The van der Waals surface area contributed by atoms with E-state index in [1.165, 1.54) is 32.1 Å². The molecule has 0 aliphatic carbocycles. The predicted octanol–water partition coefficient (Wildman–Crippen LogP) is 2.32. The second-order valence-corrected chi connectivity index (χ2v) is 5.57. The minimum Gasteiger partial charge on any atom is -0.496 e. The number of piperidine rings is 1. The normalized spacial score (nSPS) is 19.3. The lowest BCUT2D eigenvalue weighted by atomic mass is 10.00. The van der Waals surface area contributed by atoms with Gasteiger partial charge in [-0.3, -0.25) is 4.79 Å². The fourth-order valence-corrected chi connectivity index (χ4v) is 2.75. The van der Waals surface area contributed by atoms with Gasteiger partial charge in [0.1, 0.15) is 11.6 Å². The van der Waals surface area contributed by atoms with Crippen molar-refractivity contribution in [3.63, 3.8) is 0 Å². The largest absolute Gasteiger partial charge is 0.496 e. The minimum atomic E-state index is -0.342. The van der Waals surface area contributed by atoms with Crippen LogP contribution in [0.5, 0.6) is 5.75 Å². The predicted molar refractivity (Wildman–Crippen MR) is 79.7 cm³/mol. The molecule has 1 saturated heterocycles. The lowest BCUT2D eigenvalue weighted by Gasteiger charge is -2.31. The van der Waals surface area contributed by atoms with E-state index in [1.54, 1.807) is 6.07 Å². The fourth-order valence-electron chi connectivity index (χ4n) is 2.75. The number of methoxy groups -OCH3 is 1. The van der Waals surface area contributed by atoms with E-state index in [0.717, 1.165) is 18.5 Å². The molecule has 0 spiro atoms. The lowest BCUT2D eigenvalue weighted by Crippen LogP contribution is -2.40. The number of ether oxygens (including phenoxy) is 1. The summed E-state index contributed by atoms with van der Waals surface area (Å²) in [5.41, 5.74) is 0.782. The Hall–Kier alpha value is -1.62. The van der Waals surface area contributed by atoms with Crippen LogP contribution in [-0.4, -0.2) is 37.6 Å². The number of hydrogen-bond acceptors (Lipinski definition) is 3. The first-order valence-corrected chi connectivity index (χ1v) is 7.39. The zero-order valence-electron chi connectivity index (χ0n) is 12.7. The second kappa shape index (κ2) is 7.41. The number of benzene rings is 1. The Kier molecular flexibility index (Phi) is 5.56. The van der Waals surface area contributed by atoms with Crippen molar-refractivity contribution in [2.75, 3.05) is 20.7 Å². The van der Waals surface area contributed by atoms with E-state index < -0.39 is 0 Å². The summed E-state index contributed by atoms with van der Waals surface area (Å²) in [7, 11) is 3.57. The second-order valence-electron chi connectivity index (χ2n) is 5.57. The van der Waals surface area contributed by atoms with Gasteiger partial charge in [0.15, 0.2) is 0 Å². The SMILES string of the molecule is COc1cc(F)ccc1CNC(=O)C[C@@H]1CCCCN1C. The van der Waals surface area contributed by atoms with E-state index in [9.17, 15) is 9.18 Å². The van der Waals surface area contributed by atoms with Gasteiger partial charge in [-0.25, -0.2) is 4.39 Å². The zero-order chi connectivity index (χ0) is 15.2. The average molecular weight is 294 g/mol. The number of nitrogens with zero attached hydrogens (tertiary/aromatic N) is 1. The van der Waals surface area contributed by atoms with Gasteiger partial charge in [-0.15, -0.1) is 0 Å². The summed E-state index contributed by atoms with van der Waals surface area (Å²) < 4.78 is 18.2. The molecule has 0 bridgehead atoms. The quantitative estimate of drug-likeness (QED) is 0.906. The summed E-state index contributed by atoms with van der Waals surface area (Å²) in [5.74, 6) is 0.149. The molecule has 21 heavy (non-hydrogen) atoms. The summed E-state index contributed by atoms with van der Waals surface area (Å²) in [6.45, 7) is 1.42. The fraction of sp³-hybridized carbons (Fsp3) is 0.562. The molecule has 0 aromatic heterocycles. The number of carbonyl (C=O) groups excluding carboxylic acids is 1. The number of carbonyl (C=O) groups is 1. The molecule has 2 rings (SSSR count). The highest BCUT2D eigenvalue weighted by Crippen LogP contribution is 2.20. The molecule has 0 unspecified atom stereocenters. The highest BCUT2D eigenvalue weighted by Gasteiger charge is 2.21. The Bertz CT molecular complexity index is 493. The monoisotopic (exact) mass is 294 g/mol. The summed E-state index contributed by atoms with van der Waals surface area (Å²) in [6.07, 6.45) is 3.99. The van der Waals surface area contributed by atoms with Crippen LogP contribution in [0.1, 0.15) is 31.2 Å². The van der Waals surface area contributed by atoms with Crippen LogP contribution < -0.4 is 10.1 Å². The van der Waals surface area contributed by atoms with E-state index in [2.05, 4.69) is 17.3 Å². The number of rotatable bonds is 5. The van der Waals surface area contributed by atoms with Crippen molar-refractivity contribution < 1.29 is 13.9 Å². The molecule has 1 atom stereocenters. The molecule has 1 fully saturated rings. The van der Waals surface area contributed by atoms with Crippen LogP contribution in [0.3, 0.4) is 0 Å². The molecule has 1 aromatic carbocycles. The van der Waals surface area contributed by atoms with Crippen molar-refractivity contribution in [3.05, 3.63) is 29.6 Å². The molecule has 0 radical (unpaired) electrons. The van der Waals surface area contributed by atoms with Crippen molar-refractivity contribution in [1.82, 2.24) is 10.2 Å². The highest BCUT2D eigenvalue weighted by atomic mass is 19.1. The third kappa shape index (κ3) is 4.43. The Morgan fingerprint density at radius 2 is 2.29 bits per heavy atom. The van der Waals surface area contributed by atoms with Crippen LogP contribution in [0.4, 0.5) is 4.39 Å². The third-order valence-corrected chi connectivity index (χ3v) is 4.07. The van der Waals surface area contributed by atoms with Crippen molar-refractivity contribution >= 4 is 5.91 Å². The van der Waals surface area contributed by atoms with E-state index in [1.807, 2.05) is 0 Å². The molecule has 4 nitrogen and oxygen atoms in total. The summed E-state index contributed by atoms with van der Waals surface area (Å²) in [4.78, 5) is 14.3. The Morgan fingerprint density at radius 3 is 3.00 bits per heavy atom. The van der Waals surface area contributed by atoms with Gasteiger partial charge >= 0.3 is 0 Å². The van der Waals surface area contributed by atoms with E-state index in [0.29, 0.717) is 24.8 Å². The molecule has 1 aliphatic heterocycles. The van der Waals surface area contributed by atoms with Gasteiger partial charge in [0, 0.05) is 30.6 Å². The maximum atomic E-state index is 13.1. The van der Waals surface area contributed by atoms with Crippen LogP contribution >= 0.6 is 0 Å². The molecule has 0 saturated carbocycles. The Balaban J connectivity index is 1.86. The van der Waals surface area contributed by atoms with Gasteiger partial charge in [0.05, 0.1) is 7.11 Å². The summed E-state index contributed by atoms with van der Waals surface area (Å²) in [6, 6.07) is 4.67. The average Bonchev–Trinajstić information content (AvgIpc) is 2.48. The number of amides is 1. The maximum Gasteiger partial charge on any atom is 0.221 e. The topological polar surface area (TPSA) is 41.6 Å². The number of nitrogens with one attached hydrogen (secondary N) is 1. The summed E-state index contributed by atoms with van der Waals surface area (Å²) in [5, 5.41) is 2.89. The first-order chi connectivity index (χ1) is 10.1. The van der Waals surface area contributed by atoms with Crippen LogP contribution in [0.15, 0.2) is 18.2 Å². The molecule has 1 heterocycles. The highest BCUT2D eigenvalue weighted by molar-refractivity contribution is 5.76. The molecule has 116 valence electrons. The van der Waals surface area contributed by atoms with Crippen molar-refractivity contribution in [1.29, 1.82) is 0 Å². The molecular weight excluding hydrogens is 271 g/mol. The third-order valence-electron chi connectivity index (χ3n) is 4.07. The standard InChI is InChI=1S/C16H23FN2O2/c1-19-8-4-3-5-14(19)10-16(20)18-11-12-6-7-13(17)9-15(12)21-2/h6-7,9,14H,3-5,8,10-11H2,1-2H3,(H,18,20)/t14-/m0/s1. The Morgan fingerprint density at radius 1 is 1.48 bits per heavy atom. The molecule has 1 N–H and O–H groups in total. The summed E-state index contributed by atoms with van der Waals surface area (Å²) >= 11 is 0. The van der Waals surface area contributed by atoms with Gasteiger partial charge in [0.25, 0.3) is 0 Å². The lowest BCUT2D eigenvalue weighted by molar-refractivity contribution is -0.122. The molecule has 1 aliphatic rings. The first-order valence-electron chi connectivity index (χ1n) is 7.39. The van der Waals surface area contributed by atoms with Crippen LogP contribution in [-0.2, 0) is 11.3 Å². The number of halogens is 1. The van der Waals surface area contributed by atoms with Crippen LogP contribution in [0.2, 0.25) is 0 Å². The maximum absolute atomic E-state index is 13.1. The van der Waals surface area contributed by atoms with Crippen molar-refractivity contribution in [3.8, 4) is 5.75 Å². The van der Waals surface area contributed by atoms with Crippen LogP contribution in [0, 0.1) is 5.82 Å². The van der Waals surface area contributed by atoms with Crippen molar-refractivity contribution in [2.45, 2.75) is 38.3 Å². The zero-order valence-corrected chi connectivity index (χ0v) is 12.7. The Labute approximate surface area is 125 Å². The van der Waals surface area contributed by atoms with Gasteiger partial charge in [-0.1, -0.05) is 12.5 Å². The first kappa shape index (κ1) is 15.8. The van der Waals surface area contributed by atoms with E-state index in [-0.39, 0.29) is 11.7 Å². The minimum absolute atomic E-state index is 0.0279. The van der Waals surface area contributed by atoms with Crippen molar-refractivity contribution in [2.24, 2.45) is 0 Å². The number of hydrogen-bond donors (Lipinski definition) is 1. The number of likely N-dealkylation sites (tertiary alicyclic amines) is 1. The van der Waals surface area contributed by atoms with Gasteiger partial charge in [0.2, 0.25) is 5.91 Å².